The van der Waals surface area contributed by atoms with Gasteiger partial charge in [0.2, 0.25) is 5.95 Å². The Bertz CT molecular complexity index is 806. The second-order valence-electron chi connectivity index (χ2n) is 5.60. The summed E-state index contributed by atoms with van der Waals surface area (Å²) in [7, 11) is 0. The number of nitrogens with one attached hydrogen (secondary N) is 2. The number of hydrogen-bond donors (Lipinski definition) is 2. The van der Waals surface area contributed by atoms with Crippen LogP contribution in [0.3, 0.4) is 0 Å². The van der Waals surface area contributed by atoms with E-state index in [-0.39, 0.29) is 5.91 Å². The Kier molecular flexibility index (Phi) is 5.72. The highest BCUT2D eigenvalue weighted by atomic mass is 16.1. The highest BCUT2D eigenvalue weighted by Gasteiger charge is 2.08. The molecule has 0 aliphatic heterocycles. The fourth-order valence-electron chi connectivity index (χ4n) is 2.40. The summed E-state index contributed by atoms with van der Waals surface area (Å²) in [5.41, 5.74) is 2.64. The van der Waals surface area contributed by atoms with Crippen LogP contribution in [0.1, 0.15) is 21.6 Å². The third kappa shape index (κ3) is 5.14. The van der Waals surface area contributed by atoms with Crippen molar-refractivity contribution >= 4 is 11.9 Å². The van der Waals surface area contributed by atoms with Crippen LogP contribution < -0.4 is 10.6 Å². The summed E-state index contributed by atoms with van der Waals surface area (Å²) in [6.07, 6.45) is 2.46. The number of hydrogen-bond acceptors (Lipinski definition) is 4. The first-order valence-electron chi connectivity index (χ1n) is 8.24. The van der Waals surface area contributed by atoms with Crippen molar-refractivity contribution < 1.29 is 4.79 Å². The molecule has 3 rings (SSSR count). The number of nitrogens with zero attached hydrogens (tertiary/aromatic N) is 2. The molecule has 5 heteroatoms. The molecule has 1 aromatic heterocycles. The lowest BCUT2D eigenvalue weighted by Gasteiger charge is -2.07. The molecule has 0 atom stereocenters. The highest BCUT2D eigenvalue weighted by Crippen LogP contribution is 2.04. The first-order chi connectivity index (χ1) is 12.3. The van der Waals surface area contributed by atoms with Crippen LogP contribution >= 0.6 is 0 Å². The summed E-state index contributed by atoms with van der Waals surface area (Å²) in [4.78, 5) is 20.7. The van der Waals surface area contributed by atoms with Crippen LogP contribution in [0, 0.1) is 0 Å². The minimum Gasteiger partial charge on any atom is -0.354 e. The van der Waals surface area contributed by atoms with E-state index in [0.29, 0.717) is 24.7 Å². The zero-order valence-electron chi connectivity index (χ0n) is 13.9. The van der Waals surface area contributed by atoms with Gasteiger partial charge in [-0.15, -0.1) is 0 Å². The SMILES string of the molecule is O=C(NCc1ccccc1)c1ccnc(NCCc2ccccc2)n1. The molecular weight excluding hydrogens is 312 g/mol. The Hall–Kier alpha value is -3.21. The van der Waals surface area contributed by atoms with E-state index in [2.05, 4.69) is 32.7 Å². The number of amides is 1. The average molecular weight is 332 g/mol. The van der Waals surface area contributed by atoms with E-state index in [1.807, 2.05) is 48.5 Å². The van der Waals surface area contributed by atoms with Crippen LogP contribution in [0.15, 0.2) is 72.9 Å². The molecule has 25 heavy (non-hydrogen) atoms. The molecule has 0 fully saturated rings. The van der Waals surface area contributed by atoms with Crippen molar-refractivity contribution in [2.45, 2.75) is 13.0 Å². The largest absolute Gasteiger partial charge is 0.354 e. The average Bonchev–Trinajstić information content (AvgIpc) is 2.68. The van der Waals surface area contributed by atoms with Gasteiger partial charge in [-0.25, -0.2) is 9.97 Å². The second kappa shape index (κ2) is 8.59. The van der Waals surface area contributed by atoms with Crippen LogP contribution in [0.5, 0.6) is 0 Å². The molecule has 126 valence electrons. The Balaban J connectivity index is 1.52. The summed E-state index contributed by atoms with van der Waals surface area (Å²) in [5.74, 6) is 0.251. The van der Waals surface area contributed by atoms with E-state index in [9.17, 15) is 4.79 Å². The Morgan fingerprint density at radius 3 is 2.28 bits per heavy atom. The number of aromatic nitrogens is 2. The normalized spacial score (nSPS) is 10.2. The maximum Gasteiger partial charge on any atom is 0.270 e. The lowest BCUT2D eigenvalue weighted by Crippen LogP contribution is -2.24. The van der Waals surface area contributed by atoms with Crippen LogP contribution in [-0.2, 0) is 13.0 Å². The van der Waals surface area contributed by atoms with E-state index in [1.54, 1.807) is 12.3 Å². The van der Waals surface area contributed by atoms with Gasteiger partial charge in [-0.2, -0.15) is 0 Å². The molecule has 1 amide bonds. The molecule has 1 heterocycles. The quantitative estimate of drug-likeness (QED) is 0.698. The highest BCUT2D eigenvalue weighted by molar-refractivity contribution is 5.92. The number of benzene rings is 2. The first-order valence-corrected chi connectivity index (χ1v) is 8.24. The summed E-state index contributed by atoms with van der Waals surface area (Å²) in [5, 5.41) is 6.03. The maximum atomic E-state index is 12.2. The van der Waals surface area contributed by atoms with Crippen molar-refractivity contribution in [1.82, 2.24) is 15.3 Å². The Morgan fingerprint density at radius 2 is 1.56 bits per heavy atom. The van der Waals surface area contributed by atoms with Gasteiger partial charge in [-0.05, 0) is 23.6 Å². The van der Waals surface area contributed by atoms with Gasteiger partial charge in [0.05, 0.1) is 0 Å². The third-order valence-electron chi connectivity index (χ3n) is 3.72. The molecule has 0 saturated heterocycles. The number of rotatable bonds is 7. The molecule has 0 bridgehead atoms. The second-order valence-corrected chi connectivity index (χ2v) is 5.60. The topological polar surface area (TPSA) is 66.9 Å². The zero-order valence-corrected chi connectivity index (χ0v) is 13.9. The Labute approximate surface area is 147 Å². The molecule has 0 saturated carbocycles. The lowest BCUT2D eigenvalue weighted by atomic mass is 10.1. The van der Waals surface area contributed by atoms with Gasteiger partial charge in [0.1, 0.15) is 5.69 Å². The summed E-state index contributed by atoms with van der Waals surface area (Å²) in [6.45, 7) is 1.18. The number of carbonyl (C=O) groups excluding carboxylic acids is 1. The summed E-state index contributed by atoms with van der Waals surface area (Å²) >= 11 is 0. The van der Waals surface area contributed by atoms with Gasteiger partial charge in [-0.3, -0.25) is 4.79 Å². The van der Waals surface area contributed by atoms with E-state index >= 15 is 0 Å². The van der Waals surface area contributed by atoms with Gasteiger partial charge >= 0.3 is 0 Å². The minimum absolute atomic E-state index is 0.211. The smallest absolute Gasteiger partial charge is 0.270 e. The van der Waals surface area contributed by atoms with Crippen molar-refractivity contribution in [3.05, 3.63) is 89.7 Å². The monoisotopic (exact) mass is 332 g/mol. The molecule has 0 unspecified atom stereocenters. The summed E-state index contributed by atoms with van der Waals surface area (Å²) in [6, 6.07) is 21.6. The van der Waals surface area contributed by atoms with Crippen molar-refractivity contribution in [3.63, 3.8) is 0 Å². The van der Waals surface area contributed by atoms with Crippen molar-refractivity contribution in [2.75, 3.05) is 11.9 Å². The van der Waals surface area contributed by atoms with Gasteiger partial charge in [-0.1, -0.05) is 60.7 Å². The molecule has 2 N–H and O–H groups in total. The van der Waals surface area contributed by atoms with Gasteiger partial charge in [0.25, 0.3) is 5.91 Å². The van der Waals surface area contributed by atoms with Gasteiger partial charge < -0.3 is 10.6 Å². The Morgan fingerprint density at radius 1 is 0.880 bits per heavy atom. The fraction of sp³-hybridized carbons (Fsp3) is 0.150. The minimum atomic E-state index is -0.211. The standard InChI is InChI=1S/C20H20N4O/c25-19(23-15-17-9-5-2-6-10-17)18-12-14-22-20(24-18)21-13-11-16-7-3-1-4-8-16/h1-10,12,14H,11,13,15H2,(H,23,25)(H,21,22,24). The molecule has 2 aromatic carbocycles. The van der Waals surface area contributed by atoms with Crippen molar-refractivity contribution in [2.24, 2.45) is 0 Å². The number of anilines is 1. The maximum absolute atomic E-state index is 12.2. The predicted octanol–water partition coefficient (Wildman–Crippen LogP) is 3.06. The molecular formula is C20H20N4O. The zero-order chi connectivity index (χ0) is 17.3. The third-order valence-corrected chi connectivity index (χ3v) is 3.72. The molecule has 5 nitrogen and oxygen atoms in total. The predicted molar refractivity (Wildman–Crippen MR) is 98.3 cm³/mol. The van der Waals surface area contributed by atoms with Crippen molar-refractivity contribution in [1.29, 1.82) is 0 Å². The fourth-order valence-corrected chi connectivity index (χ4v) is 2.40. The van der Waals surface area contributed by atoms with E-state index in [1.165, 1.54) is 5.56 Å². The molecule has 0 aliphatic carbocycles. The van der Waals surface area contributed by atoms with Crippen molar-refractivity contribution in [3.8, 4) is 0 Å². The van der Waals surface area contributed by atoms with Gasteiger partial charge in [0, 0.05) is 19.3 Å². The lowest BCUT2D eigenvalue weighted by molar-refractivity contribution is 0.0946. The molecule has 0 radical (unpaired) electrons. The molecule has 3 aromatic rings. The first kappa shape index (κ1) is 16.6. The van der Waals surface area contributed by atoms with E-state index in [0.717, 1.165) is 12.0 Å². The van der Waals surface area contributed by atoms with Crippen LogP contribution in [0.25, 0.3) is 0 Å². The van der Waals surface area contributed by atoms with E-state index < -0.39 is 0 Å². The van der Waals surface area contributed by atoms with Crippen LogP contribution in [-0.4, -0.2) is 22.4 Å². The molecule has 0 spiro atoms. The summed E-state index contributed by atoms with van der Waals surface area (Å²) < 4.78 is 0. The number of carbonyl (C=O) groups is 1. The van der Waals surface area contributed by atoms with Crippen LogP contribution in [0.4, 0.5) is 5.95 Å². The van der Waals surface area contributed by atoms with Gasteiger partial charge in [0.15, 0.2) is 0 Å². The van der Waals surface area contributed by atoms with E-state index in [4.69, 9.17) is 0 Å². The molecule has 0 aliphatic rings. The van der Waals surface area contributed by atoms with Crippen LogP contribution in [0.2, 0.25) is 0 Å².